The number of aryl methyl sites for hydroxylation is 1. The second kappa shape index (κ2) is 4.44. The van der Waals surface area contributed by atoms with Crippen molar-refractivity contribution in [2.24, 2.45) is 0 Å². The molecule has 0 fully saturated rings. The van der Waals surface area contributed by atoms with Gasteiger partial charge in [-0.05, 0) is 36.2 Å². The van der Waals surface area contributed by atoms with E-state index in [0.717, 1.165) is 6.20 Å². The number of aromatic nitrogens is 1. The van der Waals surface area contributed by atoms with Gasteiger partial charge in [-0.1, -0.05) is 6.07 Å². The molecule has 5 heteroatoms. The fraction of sp³-hybridized carbons (Fsp3) is 0.0769. The number of carboxylic acids is 1. The third-order valence-electron chi connectivity index (χ3n) is 2.62. The molecule has 18 heavy (non-hydrogen) atoms. The number of aromatic amines is 1. The van der Waals surface area contributed by atoms with Crippen LogP contribution in [-0.2, 0) is 0 Å². The lowest BCUT2D eigenvalue weighted by atomic mass is 10.0. The normalized spacial score (nSPS) is 10.3. The second-order valence-corrected chi connectivity index (χ2v) is 3.90. The van der Waals surface area contributed by atoms with Crippen molar-refractivity contribution in [3.8, 4) is 11.1 Å². The maximum Gasteiger partial charge on any atom is 0.337 e. The predicted octanol–water partition coefficient (Wildman–Crippen LogP) is 2.19. The third kappa shape index (κ3) is 2.15. The van der Waals surface area contributed by atoms with Crippen molar-refractivity contribution in [2.45, 2.75) is 6.92 Å². The topological polar surface area (TPSA) is 70.2 Å². The van der Waals surface area contributed by atoms with Gasteiger partial charge in [0.25, 0.3) is 5.56 Å². The maximum absolute atomic E-state index is 13.1. The second-order valence-electron chi connectivity index (χ2n) is 3.90. The van der Waals surface area contributed by atoms with Gasteiger partial charge >= 0.3 is 5.97 Å². The molecule has 0 amide bonds. The van der Waals surface area contributed by atoms with Gasteiger partial charge in [0.1, 0.15) is 5.82 Å². The van der Waals surface area contributed by atoms with Crippen LogP contribution in [0.2, 0.25) is 0 Å². The molecule has 1 heterocycles. The SMILES string of the molecule is Cc1cc(-c2cc(C(=O)O)c[nH]c2=O)ccc1F. The number of pyridine rings is 1. The Labute approximate surface area is 102 Å². The zero-order chi connectivity index (χ0) is 13.3. The van der Waals surface area contributed by atoms with Crippen molar-refractivity contribution < 1.29 is 14.3 Å². The van der Waals surface area contributed by atoms with Gasteiger partial charge in [-0.15, -0.1) is 0 Å². The molecular formula is C13H10FNO3. The van der Waals surface area contributed by atoms with Crippen LogP contribution in [-0.4, -0.2) is 16.1 Å². The summed E-state index contributed by atoms with van der Waals surface area (Å²) in [6, 6.07) is 5.47. The molecule has 92 valence electrons. The quantitative estimate of drug-likeness (QED) is 0.854. The molecule has 4 nitrogen and oxygen atoms in total. The smallest absolute Gasteiger partial charge is 0.337 e. The molecule has 0 radical (unpaired) electrons. The van der Waals surface area contributed by atoms with Crippen LogP contribution >= 0.6 is 0 Å². The Morgan fingerprint density at radius 2 is 2.06 bits per heavy atom. The minimum absolute atomic E-state index is 0.0217. The first-order valence-electron chi connectivity index (χ1n) is 5.21. The Hall–Kier alpha value is -2.43. The molecule has 0 bridgehead atoms. The molecule has 0 aliphatic rings. The number of benzene rings is 1. The van der Waals surface area contributed by atoms with Crippen LogP contribution in [0.4, 0.5) is 4.39 Å². The molecule has 0 aliphatic heterocycles. The molecule has 0 unspecified atom stereocenters. The molecule has 0 spiro atoms. The van der Waals surface area contributed by atoms with Gasteiger partial charge in [0.2, 0.25) is 0 Å². The molecule has 2 rings (SSSR count). The van der Waals surface area contributed by atoms with Crippen LogP contribution in [0.25, 0.3) is 11.1 Å². The summed E-state index contributed by atoms with van der Waals surface area (Å²) < 4.78 is 13.1. The number of rotatable bonds is 2. The molecule has 1 aromatic carbocycles. The summed E-state index contributed by atoms with van der Waals surface area (Å²) >= 11 is 0. The van der Waals surface area contributed by atoms with Gasteiger partial charge in [0.15, 0.2) is 0 Å². The van der Waals surface area contributed by atoms with E-state index in [9.17, 15) is 14.0 Å². The predicted molar refractivity (Wildman–Crippen MR) is 64.2 cm³/mol. The summed E-state index contributed by atoms with van der Waals surface area (Å²) in [6.45, 7) is 1.58. The van der Waals surface area contributed by atoms with Gasteiger partial charge in [0, 0.05) is 11.8 Å². The number of carboxylic acid groups (broad SMARTS) is 1. The van der Waals surface area contributed by atoms with Gasteiger partial charge in [-0.3, -0.25) is 4.79 Å². The van der Waals surface area contributed by atoms with Crippen molar-refractivity contribution in [2.75, 3.05) is 0 Å². The summed E-state index contributed by atoms with van der Waals surface area (Å²) in [5, 5.41) is 8.86. The zero-order valence-corrected chi connectivity index (χ0v) is 9.53. The minimum Gasteiger partial charge on any atom is -0.478 e. The highest BCUT2D eigenvalue weighted by Gasteiger charge is 2.10. The lowest BCUT2D eigenvalue weighted by molar-refractivity contribution is 0.0696. The first-order chi connectivity index (χ1) is 8.49. The van der Waals surface area contributed by atoms with E-state index in [-0.39, 0.29) is 16.9 Å². The molecule has 0 saturated carbocycles. The summed E-state index contributed by atoms with van der Waals surface area (Å²) in [5.74, 6) is -1.50. The lowest BCUT2D eigenvalue weighted by Gasteiger charge is -2.04. The molecule has 2 N–H and O–H groups in total. The molecule has 0 aliphatic carbocycles. The van der Waals surface area contributed by atoms with Crippen LogP contribution in [0, 0.1) is 12.7 Å². The van der Waals surface area contributed by atoms with Crippen molar-refractivity contribution in [1.29, 1.82) is 0 Å². The van der Waals surface area contributed by atoms with Crippen LogP contribution in [0.5, 0.6) is 0 Å². The monoisotopic (exact) mass is 247 g/mol. The molecule has 0 atom stereocenters. The number of H-pyrrole nitrogens is 1. The maximum atomic E-state index is 13.1. The Balaban J connectivity index is 2.62. The van der Waals surface area contributed by atoms with E-state index in [1.807, 2.05) is 0 Å². The molecular weight excluding hydrogens is 237 g/mol. The Kier molecular flexibility index (Phi) is 2.97. The summed E-state index contributed by atoms with van der Waals surface area (Å²) in [5.41, 5.74) is 0.654. The van der Waals surface area contributed by atoms with E-state index in [4.69, 9.17) is 5.11 Å². The highest BCUT2D eigenvalue weighted by Crippen LogP contribution is 2.19. The fourth-order valence-electron chi connectivity index (χ4n) is 1.63. The third-order valence-corrected chi connectivity index (χ3v) is 2.62. The van der Waals surface area contributed by atoms with Gasteiger partial charge in [0.05, 0.1) is 5.56 Å². The van der Waals surface area contributed by atoms with E-state index in [1.54, 1.807) is 6.92 Å². The molecule has 0 saturated heterocycles. The Morgan fingerprint density at radius 1 is 1.33 bits per heavy atom. The largest absolute Gasteiger partial charge is 0.478 e. The van der Waals surface area contributed by atoms with Gasteiger partial charge in [-0.25, -0.2) is 9.18 Å². The van der Waals surface area contributed by atoms with Crippen molar-refractivity contribution in [1.82, 2.24) is 4.98 Å². The van der Waals surface area contributed by atoms with E-state index >= 15 is 0 Å². The van der Waals surface area contributed by atoms with E-state index in [2.05, 4.69) is 4.98 Å². The first kappa shape index (κ1) is 12.0. The fourth-order valence-corrected chi connectivity index (χ4v) is 1.63. The standard InChI is InChI=1S/C13H10FNO3/c1-7-4-8(2-3-11(7)14)10-5-9(13(17)18)6-15-12(10)16/h2-6H,1H3,(H,15,16)(H,17,18). The van der Waals surface area contributed by atoms with Crippen LogP contribution in [0.1, 0.15) is 15.9 Å². The Morgan fingerprint density at radius 3 is 2.67 bits per heavy atom. The summed E-state index contributed by atoms with van der Waals surface area (Å²) in [4.78, 5) is 24.8. The number of hydrogen-bond donors (Lipinski definition) is 2. The average Bonchev–Trinajstić information content (AvgIpc) is 2.33. The van der Waals surface area contributed by atoms with E-state index < -0.39 is 11.5 Å². The Bertz CT molecular complexity index is 676. The van der Waals surface area contributed by atoms with Gasteiger partial charge < -0.3 is 10.1 Å². The average molecular weight is 247 g/mol. The highest BCUT2D eigenvalue weighted by molar-refractivity contribution is 5.88. The molecule has 2 aromatic rings. The van der Waals surface area contributed by atoms with Crippen LogP contribution in [0.15, 0.2) is 35.3 Å². The molecule has 1 aromatic heterocycles. The van der Waals surface area contributed by atoms with Crippen molar-refractivity contribution in [3.63, 3.8) is 0 Å². The lowest BCUT2D eigenvalue weighted by Crippen LogP contribution is -2.11. The number of nitrogens with one attached hydrogen (secondary N) is 1. The van der Waals surface area contributed by atoms with Crippen LogP contribution in [0.3, 0.4) is 0 Å². The summed E-state index contributed by atoms with van der Waals surface area (Å²) in [7, 11) is 0. The minimum atomic E-state index is -1.13. The summed E-state index contributed by atoms with van der Waals surface area (Å²) in [6.07, 6.45) is 1.13. The highest BCUT2D eigenvalue weighted by atomic mass is 19.1. The number of aromatic carboxylic acids is 1. The van der Waals surface area contributed by atoms with Crippen LogP contribution < -0.4 is 5.56 Å². The number of halogens is 1. The first-order valence-corrected chi connectivity index (χ1v) is 5.21. The zero-order valence-electron chi connectivity index (χ0n) is 9.53. The van der Waals surface area contributed by atoms with E-state index in [0.29, 0.717) is 11.1 Å². The van der Waals surface area contributed by atoms with E-state index in [1.165, 1.54) is 24.3 Å². The van der Waals surface area contributed by atoms with Crippen molar-refractivity contribution in [3.05, 3.63) is 57.8 Å². The van der Waals surface area contributed by atoms with Crippen molar-refractivity contribution >= 4 is 5.97 Å². The number of hydrogen-bond acceptors (Lipinski definition) is 2. The van der Waals surface area contributed by atoms with Gasteiger partial charge in [-0.2, -0.15) is 0 Å². The number of carbonyl (C=O) groups is 1.